The molecule has 0 heterocycles. The van der Waals surface area contributed by atoms with Crippen LogP contribution in [0.5, 0.6) is 0 Å². The van der Waals surface area contributed by atoms with Gasteiger partial charge in [0.15, 0.2) is 17.5 Å². The Labute approximate surface area is 87.9 Å². The molecule has 1 aliphatic carbocycles. The van der Waals surface area contributed by atoms with Gasteiger partial charge in [-0.1, -0.05) is 13.0 Å². The van der Waals surface area contributed by atoms with E-state index in [9.17, 15) is 26.3 Å². The van der Waals surface area contributed by atoms with Gasteiger partial charge < -0.3 is 0 Å². The maximum Gasteiger partial charge on any atom is 0.419 e. The van der Waals surface area contributed by atoms with Gasteiger partial charge in [0.05, 0.1) is 5.57 Å². The summed E-state index contributed by atoms with van der Waals surface area (Å²) < 4.78 is 75.6. The summed E-state index contributed by atoms with van der Waals surface area (Å²) in [6.07, 6.45) is -3.96. The second-order valence-electron chi connectivity index (χ2n) is 3.47. The lowest BCUT2D eigenvalue weighted by atomic mass is 10.0. The van der Waals surface area contributed by atoms with Crippen molar-refractivity contribution in [3.63, 3.8) is 0 Å². The van der Waals surface area contributed by atoms with Gasteiger partial charge in [-0.15, -0.1) is 0 Å². The maximum atomic E-state index is 13.0. The topological polar surface area (TPSA) is 0 Å². The third kappa shape index (κ3) is 2.68. The zero-order valence-electron chi connectivity index (χ0n) is 8.21. The van der Waals surface area contributed by atoms with Crippen molar-refractivity contribution in [1.29, 1.82) is 0 Å². The molecule has 6 heteroatoms. The fraction of sp³-hybridized carbons (Fsp3) is 0.400. The summed E-state index contributed by atoms with van der Waals surface area (Å²) >= 11 is 0. The lowest BCUT2D eigenvalue weighted by Crippen LogP contribution is -2.14. The molecule has 0 N–H and O–H groups in total. The maximum absolute atomic E-state index is 13.0. The molecule has 0 radical (unpaired) electrons. The molecule has 0 aromatic heterocycles. The molecule has 90 valence electrons. The van der Waals surface area contributed by atoms with Crippen LogP contribution >= 0.6 is 0 Å². The van der Waals surface area contributed by atoms with Crippen molar-refractivity contribution in [3.05, 3.63) is 35.2 Å². The number of alkyl halides is 3. The molecule has 0 saturated heterocycles. The molecule has 1 unspecified atom stereocenters. The van der Waals surface area contributed by atoms with Gasteiger partial charge >= 0.3 is 6.18 Å². The number of hydrogen-bond donors (Lipinski definition) is 0. The van der Waals surface area contributed by atoms with Crippen LogP contribution in [0, 0.1) is 5.92 Å². The Kier molecular flexibility index (Phi) is 3.50. The fourth-order valence-corrected chi connectivity index (χ4v) is 1.25. The van der Waals surface area contributed by atoms with E-state index in [4.69, 9.17) is 0 Å². The smallest absolute Gasteiger partial charge is 0.204 e. The number of allylic oxidation sites excluding steroid dienone is 6. The molecule has 0 aromatic rings. The Morgan fingerprint density at radius 2 is 1.69 bits per heavy atom. The number of halogens is 6. The van der Waals surface area contributed by atoms with E-state index >= 15 is 0 Å². The van der Waals surface area contributed by atoms with E-state index in [1.165, 1.54) is 6.92 Å². The summed E-state index contributed by atoms with van der Waals surface area (Å²) in [6, 6.07) is 0. The summed E-state index contributed by atoms with van der Waals surface area (Å²) in [4.78, 5) is 0. The molecule has 0 saturated carbocycles. The van der Waals surface area contributed by atoms with E-state index in [0.29, 0.717) is 6.08 Å². The van der Waals surface area contributed by atoms with Crippen LogP contribution in [0.15, 0.2) is 35.2 Å². The van der Waals surface area contributed by atoms with Gasteiger partial charge in [0.1, 0.15) is 0 Å². The van der Waals surface area contributed by atoms with E-state index < -0.39 is 35.1 Å². The normalized spacial score (nSPS) is 34.6. The standard InChI is InChI=1S/C10H8F6/c1-5-2-3-6(10(14,15)16)8(12)9(13)7(11)4-5/h3-5H,2H2,1H3/b6-3-,7-4+,9-8-. The molecule has 0 amide bonds. The van der Waals surface area contributed by atoms with Crippen LogP contribution in [-0.2, 0) is 0 Å². The molecule has 16 heavy (non-hydrogen) atoms. The predicted molar refractivity (Wildman–Crippen MR) is 46.4 cm³/mol. The van der Waals surface area contributed by atoms with Crippen LogP contribution in [0.25, 0.3) is 0 Å². The molecule has 1 atom stereocenters. The third-order valence-electron chi connectivity index (χ3n) is 2.07. The SMILES string of the molecule is CC1\C=C(F)/C(F)=C(F)\C(C(F)(F)F)=C\C1. The van der Waals surface area contributed by atoms with Gasteiger partial charge in [0.2, 0.25) is 0 Å². The molecular formula is C10H8F6. The first-order valence-electron chi connectivity index (χ1n) is 4.44. The summed E-state index contributed by atoms with van der Waals surface area (Å²) in [5, 5.41) is 0. The van der Waals surface area contributed by atoms with Crippen molar-refractivity contribution in [2.24, 2.45) is 5.92 Å². The van der Waals surface area contributed by atoms with E-state index in [1.807, 2.05) is 0 Å². The summed E-state index contributed by atoms with van der Waals surface area (Å²) in [7, 11) is 0. The lowest BCUT2D eigenvalue weighted by Gasteiger charge is -2.14. The van der Waals surface area contributed by atoms with Crippen LogP contribution in [0.3, 0.4) is 0 Å². The first kappa shape index (κ1) is 12.9. The highest BCUT2D eigenvalue weighted by Gasteiger charge is 2.39. The zero-order chi connectivity index (χ0) is 12.5. The molecule has 0 aromatic carbocycles. The van der Waals surface area contributed by atoms with Crippen molar-refractivity contribution in [1.82, 2.24) is 0 Å². The van der Waals surface area contributed by atoms with Gasteiger partial charge in [0, 0.05) is 0 Å². The highest BCUT2D eigenvalue weighted by Crippen LogP contribution is 2.38. The minimum Gasteiger partial charge on any atom is -0.204 e. The largest absolute Gasteiger partial charge is 0.419 e. The Morgan fingerprint density at radius 1 is 1.12 bits per heavy atom. The molecule has 0 nitrogen and oxygen atoms in total. The average Bonchev–Trinajstić information content (AvgIpc) is 2.13. The second-order valence-corrected chi connectivity index (χ2v) is 3.47. The van der Waals surface area contributed by atoms with E-state index in [2.05, 4.69) is 0 Å². The number of hydrogen-bond acceptors (Lipinski definition) is 0. The fourth-order valence-electron chi connectivity index (χ4n) is 1.25. The first-order chi connectivity index (χ1) is 7.23. The van der Waals surface area contributed by atoms with Crippen LogP contribution < -0.4 is 0 Å². The van der Waals surface area contributed by atoms with Crippen LogP contribution in [0.4, 0.5) is 26.3 Å². The highest BCUT2D eigenvalue weighted by molar-refractivity contribution is 5.39. The van der Waals surface area contributed by atoms with E-state index in [-0.39, 0.29) is 6.42 Å². The van der Waals surface area contributed by atoms with E-state index in [1.54, 1.807) is 0 Å². The second kappa shape index (κ2) is 4.35. The lowest BCUT2D eigenvalue weighted by molar-refractivity contribution is -0.0916. The molecule has 0 aliphatic heterocycles. The molecule has 0 fully saturated rings. The quantitative estimate of drug-likeness (QED) is 0.548. The minimum absolute atomic E-state index is 0.205. The summed E-state index contributed by atoms with van der Waals surface area (Å²) in [5.74, 6) is -6.53. The first-order valence-corrected chi connectivity index (χ1v) is 4.44. The van der Waals surface area contributed by atoms with Gasteiger partial charge in [0.25, 0.3) is 0 Å². The van der Waals surface area contributed by atoms with Crippen LogP contribution in [0.1, 0.15) is 13.3 Å². The van der Waals surface area contributed by atoms with Crippen molar-refractivity contribution in [3.8, 4) is 0 Å². The average molecular weight is 242 g/mol. The van der Waals surface area contributed by atoms with Gasteiger partial charge in [-0.05, 0) is 18.4 Å². The summed E-state index contributed by atoms with van der Waals surface area (Å²) in [5.41, 5.74) is -1.76. The Hall–Kier alpha value is -1.20. The minimum atomic E-state index is -5.03. The van der Waals surface area contributed by atoms with Crippen LogP contribution in [-0.4, -0.2) is 6.18 Å². The van der Waals surface area contributed by atoms with Crippen molar-refractivity contribution < 1.29 is 26.3 Å². The third-order valence-corrected chi connectivity index (χ3v) is 2.07. The van der Waals surface area contributed by atoms with Gasteiger partial charge in [-0.25, -0.2) is 13.2 Å². The van der Waals surface area contributed by atoms with Crippen molar-refractivity contribution >= 4 is 0 Å². The summed E-state index contributed by atoms with van der Waals surface area (Å²) in [6.45, 7) is 1.40. The highest BCUT2D eigenvalue weighted by atomic mass is 19.4. The Balaban J connectivity index is 3.30. The molecule has 0 spiro atoms. The van der Waals surface area contributed by atoms with E-state index in [0.717, 1.165) is 6.08 Å². The monoisotopic (exact) mass is 242 g/mol. The van der Waals surface area contributed by atoms with Crippen molar-refractivity contribution in [2.75, 3.05) is 0 Å². The Bertz CT molecular complexity index is 371. The zero-order valence-corrected chi connectivity index (χ0v) is 8.21. The van der Waals surface area contributed by atoms with Crippen LogP contribution in [0.2, 0.25) is 0 Å². The van der Waals surface area contributed by atoms with Gasteiger partial charge in [-0.2, -0.15) is 13.2 Å². The molecule has 1 aliphatic rings. The molecule has 0 bridgehead atoms. The van der Waals surface area contributed by atoms with Gasteiger partial charge in [-0.3, -0.25) is 0 Å². The predicted octanol–water partition coefficient (Wildman–Crippen LogP) is 4.52. The molecular weight excluding hydrogens is 234 g/mol. The Morgan fingerprint density at radius 3 is 2.19 bits per heavy atom. The van der Waals surface area contributed by atoms with Crippen molar-refractivity contribution in [2.45, 2.75) is 19.5 Å². The molecule has 1 rings (SSSR count). The number of rotatable bonds is 0.